The number of ether oxygens (including phenoxy) is 1. The van der Waals surface area contributed by atoms with Crippen molar-refractivity contribution >= 4 is 17.8 Å². The van der Waals surface area contributed by atoms with Gasteiger partial charge in [0.15, 0.2) is 17.5 Å². The summed E-state index contributed by atoms with van der Waals surface area (Å²) >= 11 is 0. The molecule has 0 unspecified atom stereocenters. The molecule has 0 spiro atoms. The number of amides is 2. The molecule has 36 heavy (non-hydrogen) atoms. The van der Waals surface area contributed by atoms with E-state index in [9.17, 15) is 14.0 Å². The number of halogens is 1. The van der Waals surface area contributed by atoms with E-state index in [-0.39, 0.29) is 36.5 Å². The van der Waals surface area contributed by atoms with Gasteiger partial charge in [0, 0.05) is 6.54 Å². The third kappa shape index (κ3) is 8.07. The van der Waals surface area contributed by atoms with Crippen LogP contribution in [0.4, 0.5) is 4.39 Å². The first kappa shape index (κ1) is 27.2. The van der Waals surface area contributed by atoms with Crippen LogP contribution in [-0.4, -0.2) is 30.9 Å². The molecule has 2 amide bonds. The van der Waals surface area contributed by atoms with Crippen LogP contribution in [0.3, 0.4) is 0 Å². The predicted molar refractivity (Wildman–Crippen MR) is 138 cm³/mol. The van der Waals surface area contributed by atoms with Gasteiger partial charge in [0.25, 0.3) is 0 Å². The number of carbonyl (C=O) groups excluding carboxylic acids is 2. The van der Waals surface area contributed by atoms with Crippen LogP contribution in [0.1, 0.15) is 60.8 Å². The molecular weight excluding hydrogens is 459 g/mol. The van der Waals surface area contributed by atoms with Crippen molar-refractivity contribution < 1.29 is 18.7 Å². The Kier molecular flexibility index (Phi) is 9.85. The van der Waals surface area contributed by atoms with Crippen molar-refractivity contribution in [2.24, 2.45) is 5.92 Å². The lowest BCUT2D eigenvalue weighted by atomic mass is 9.84. The summed E-state index contributed by atoms with van der Waals surface area (Å²) in [5, 5.41) is 16.7. The van der Waals surface area contributed by atoms with E-state index in [1.54, 1.807) is 12.1 Å². The Morgan fingerprint density at radius 1 is 1.06 bits per heavy atom. The summed E-state index contributed by atoms with van der Waals surface area (Å²) in [5.41, 5.74) is 3.84. The lowest BCUT2D eigenvalue weighted by Gasteiger charge is -2.27. The topological polar surface area (TPSA) is 103 Å². The Labute approximate surface area is 212 Å². The fraction of sp³-hybridized carbons (Fsp3) is 0.464. The molecular formula is C28H37FN4O3. The van der Waals surface area contributed by atoms with Gasteiger partial charge in [0.1, 0.15) is 6.04 Å². The molecule has 194 valence electrons. The van der Waals surface area contributed by atoms with Gasteiger partial charge in [-0.05, 0) is 60.6 Å². The van der Waals surface area contributed by atoms with Crippen molar-refractivity contribution in [3.63, 3.8) is 0 Å². The van der Waals surface area contributed by atoms with Crippen molar-refractivity contribution in [2.75, 3.05) is 7.11 Å². The van der Waals surface area contributed by atoms with E-state index in [0.29, 0.717) is 17.9 Å². The van der Waals surface area contributed by atoms with Gasteiger partial charge < -0.3 is 15.4 Å². The fourth-order valence-corrected chi connectivity index (χ4v) is 4.61. The first-order valence-corrected chi connectivity index (χ1v) is 12.6. The first-order chi connectivity index (χ1) is 17.2. The van der Waals surface area contributed by atoms with Gasteiger partial charge in [0.05, 0.1) is 13.5 Å². The lowest BCUT2D eigenvalue weighted by molar-refractivity contribution is -0.123. The summed E-state index contributed by atoms with van der Waals surface area (Å²) < 4.78 is 18.7. The minimum absolute atomic E-state index is 0.117. The van der Waals surface area contributed by atoms with Crippen LogP contribution in [0.5, 0.6) is 5.75 Å². The zero-order valence-corrected chi connectivity index (χ0v) is 21.4. The van der Waals surface area contributed by atoms with E-state index in [0.717, 1.165) is 42.4 Å². The molecule has 0 bridgehead atoms. The second-order valence-electron chi connectivity index (χ2n) is 9.64. The molecule has 0 heterocycles. The van der Waals surface area contributed by atoms with Crippen molar-refractivity contribution in [1.82, 2.24) is 16.0 Å². The highest BCUT2D eigenvalue weighted by molar-refractivity contribution is 5.98. The van der Waals surface area contributed by atoms with Crippen molar-refractivity contribution in [3.8, 4) is 5.75 Å². The van der Waals surface area contributed by atoms with E-state index in [1.807, 2.05) is 32.0 Å². The van der Waals surface area contributed by atoms with E-state index < -0.39 is 11.9 Å². The number of aryl methyl sites for hydroxylation is 2. The minimum Gasteiger partial charge on any atom is -0.494 e. The Morgan fingerprint density at radius 3 is 2.47 bits per heavy atom. The number of guanidine groups is 1. The van der Waals surface area contributed by atoms with E-state index in [4.69, 9.17) is 10.1 Å². The van der Waals surface area contributed by atoms with Gasteiger partial charge in [-0.1, -0.05) is 56.4 Å². The number of rotatable bonds is 9. The summed E-state index contributed by atoms with van der Waals surface area (Å²) in [4.78, 5) is 25.6. The average molecular weight is 497 g/mol. The zero-order chi connectivity index (χ0) is 26.1. The largest absolute Gasteiger partial charge is 0.494 e. The molecule has 1 fully saturated rings. The van der Waals surface area contributed by atoms with Gasteiger partial charge in [-0.15, -0.1) is 0 Å². The Bertz CT molecular complexity index is 1080. The van der Waals surface area contributed by atoms with Crippen LogP contribution in [-0.2, 0) is 22.6 Å². The van der Waals surface area contributed by atoms with Crippen LogP contribution in [0.2, 0.25) is 0 Å². The Hall–Kier alpha value is -3.42. The molecule has 3 rings (SSSR count). The molecule has 1 aliphatic carbocycles. The molecule has 2 aromatic carbocycles. The third-order valence-corrected chi connectivity index (χ3v) is 6.81. The number of benzene rings is 2. The maximum absolute atomic E-state index is 13.7. The van der Waals surface area contributed by atoms with Gasteiger partial charge in [-0.25, -0.2) is 4.39 Å². The molecule has 0 radical (unpaired) electrons. The Morgan fingerprint density at radius 2 is 1.78 bits per heavy atom. The number of hydrogen-bond acceptors (Lipinski definition) is 4. The molecule has 8 heteroatoms. The van der Waals surface area contributed by atoms with Gasteiger partial charge in [-0.3, -0.25) is 20.3 Å². The van der Waals surface area contributed by atoms with E-state index in [2.05, 4.69) is 16.0 Å². The maximum atomic E-state index is 13.7. The molecule has 0 saturated heterocycles. The molecule has 0 aromatic heterocycles. The van der Waals surface area contributed by atoms with E-state index >= 15 is 0 Å². The lowest BCUT2D eigenvalue weighted by Crippen LogP contribution is -2.52. The Balaban J connectivity index is 1.60. The quantitative estimate of drug-likeness (QED) is 0.307. The summed E-state index contributed by atoms with van der Waals surface area (Å²) in [6.45, 7) is 4.21. The second kappa shape index (κ2) is 13.0. The summed E-state index contributed by atoms with van der Waals surface area (Å²) in [7, 11) is 1.39. The highest BCUT2D eigenvalue weighted by Gasteiger charge is 2.25. The number of nitrogens with one attached hydrogen (secondary N) is 4. The van der Waals surface area contributed by atoms with Crippen LogP contribution in [0.25, 0.3) is 0 Å². The standard InChI is InChI=1S/C28H37FN4O3/c1-18-9-10-21(13-19(18)2)16-26(34)33-28(30)32-24(14-20-7-5-4-6-8-20)27(35)31-17-22-11-12-23(29)25(15-22)36-3/h9-13,15,20,24H,4-8,14,16-17H2,1-3H3,(H,31,35)(H3,30,32,33,34)/t24-/m1/s1. The molecule has 2 aromatic rings. The van der Waals surface area contributed by atoms with Crippen LogP contribution >= 0.6 is 0 Å². The highest BCUT2D eigenvalue weighted by atomic mass is 19.1. The maximum Gasteiger partial charge on any atom is 0.242 e. The summed E-state index contributed by atoms with van der Waals surface area (Å²) in [5.74, 6) is -0.737. The average Bonchev–Trinajstić information content (AvgIpc) is 2.85. The number of carbonyl (C=O) groups is 2. The zero-order valence-electron chi connectivity index (χ0n) is 21.4. The van der Waals surface area contributed by atoms with Crippen LogP contribution in [0.15, 0.2) is 36.4 Å². The van der Waals surface area contributed by atoms with Gasteiger partial charge >= 0.3 is 0 Å². The highest BCUT2D eigenvalue weighted by Crippen LogP contribution is 2.27. The van der Waals surface area contributed by atoms with Crippen molar-refractivity contribution in [1.29, 1.82) is 5.41 Å². The normalized spacial score (nSPS) is 14.6. The minimum atomic E-state index is -0.662. The van der Waals surface area contributed by atoms with Gasteiger partial charge in [-0.2, -0.15) is 0 Å². The number of hydrogen-bond donors (Lipinski definition) is 4. The molecule has 1 aliphatic rings. The number of methoxy groups -OCH3 is 1. The molecule has 7 nitrogen and oxygen atoms in total. The van der Waals surface area contributed by atoms with Crippen molar-refractivity contribution in [3.05, 3.63) is 64.5 Å². The fourth-order valence-electron chi connectivity index (χ4n) is 4.61. The van der Waals surface area contributed by atoms with Crippen LogP contribution in [0, 0.1) is 31.0 Å². The predicted octanol–water partition coefficient (Wildman–Crippen LogP) is 4.29. The third-order valence-electron chi connectivity index (χ3n) is 6.81. The molecule has 4 N–H and O–H groups in total. The first-order valence-electron chi connectivity index (χ1n) is 12.6. The summed E-state index contributed by atoms with van der Waals surface area (Å²) in [6.07, 6.45) is 6.31. The molecule has 0 aliphatic heterocycles. The van der Waals surface area contributed by atoms with Crippen molar-refractivity contribution in [2.45, 2.75) is 71.4 Å². The second-order valence-corrected chi connectivity index (χ2v) is 9.64. The van der Waals surface area contributed by atoms with Gasteiger partial charge in [0.2, 0.25) is 11.8 Å². The monoisotopic (exact) mass is 496 g/mol. The molecule has 1 saturated carbocycles. The SMILES string of the molecule is COc1cc(CNC(=O)[C@@H](CC2CCCCC2)NC(=N)NC(=O)Cc2ccc(C)c(C)c2)ccc1F. The molecule has 1 atom stereocenters. The summed E-state index contributed by atoms with van der Waals surface area (Å²) in [6, 6.07) is 9.63. The van der Waals surface area contributed by atoms with E-state index in [1.165, 1.54) is 19.6 Å². The van der Waals surface area contributed by atoms with Crippen LogP contribution < -0.4 is 20.7 Å². The smallest absolute Gasteiger partial charge is 0.242 e.